The number of carbonyl (C=O) groups excluding carboxylic acids is 1. The molecule has 2 aromatic rings. The van der Waals surface area contributed by atoms with Crippen molar-refractivity contribution in [3.63, 3.8) is 0 Å². The Bertz CT molecular complexity index is 607. The summed E-state index contributed by atoms with van der Waals surface area (Å²) in [6.45, 7) is 2.20. The van der Waals surface area contributed by atoms with Gasteiger partial charge in [0, 0.05) is 28.4 Å². The second kappa shape index (κ2) is 5.92. The predicted molar refractivity (Wildman–Crippen MR) is 85.3 cm³/mol. The highest BCUT2D eigenvalue weighted by Crippen LogP contribution is 2.30. The van der Waals surface area contributed by atoms with Gasteiger partial charge in [0.2, 0.25) is 0 Å². The van der Waals surface area contributed by atoms with Crippen LogP contribution in [0.1, 0.15) is 36.5 Å². The molecule has 4 heteroatoms. The Kier molecular flexibility index (Phi) is 4.01. The molecule has 2 N–H and O–H groups in total. The molecule has 1 saturated carbocycles. The van der Waals surface area contributed by atoms with Gasteiger partial charge in [-0.25, -0.2) is 0 Å². The van der Waals surface area contributed by atoms with Crippen molar-refractivity contribution in [1.82, 2.24) is 10.3 Å². The molecule has 3 nitrogen and oxygen atoms in total. The molecule has 20 heavy (non-hydrogen) atoms. The Morgan fingerprint density at radius 1 is 1.40 bits per heavy atom. The maximum absolute atomic E-state index is 12.4. The van der Waals surface area contributed by atoms with Gasteiger partial charge < -0.3 is 10.3 Å². The van der Waals surface area contributed by atoms with Crippen LogP contribution >= 0.6 is 11.8 Å². The van der Waals surface area contributed by atoms with Crippen molar-refractivity contribution in [1.29, 1.82) is 0 Å². The molecule has 1 amide bonds. The molecule has 2 atom stereocenters. The maximum atomic E-state index is 12.4. The minimum Gasteiger partial charge on any atom is -0.360 e. The third kappa shape index (κ3) is 2.70. The highest BCUT2D eigenvalue weighted by atomic mass is 32.2. The number of nitrogens with one attached hydrogen (secondary N) is 2. The molecule has 1 heterocycles. The molecule has 1 fully saturated rings. The summed E-state index contributed by atoms with van der Waals surface area (Å²) < 4.78 is 0. The van der Waals surface area contributed by atoms with Gasteiger partial charge in [-0.15, -0.1) is 0 Å². The summed E-state index contributed by atoms with van der Waals surface area (Å²) in [6, 6.07) is 8.27. The van der Waals surface area contributed by atoms with Gasteiger partial charge >= 0.3 is 0 Å². The monoisotopic (exact) mass is 288 g/mol. The van der Waals surface area contributed by atoms with Crippen molar-refractivity contribution in [2.75, 3.05) is 5.75 Å². The van der Waals surface area contributed by atoms with E-state index < -0.39 is 0 Å². The van der Waals surface area contributed by atoms with E-state index in [4.69, 9.17) is 0 Å². The second-order valence-corrected chi connectivity index (χ2v) is 6.89. The van der Waals surface area contributed by atoms with Crippen molar-refractivity contribution in [3.8, 4) is 0 Å². The molecule has 1 aliphatic rings. The Morgan fingerprint density at radius 3 is 3.10 bits per heavy atom. The average Bonchev–Trinajstić information content (AvgIpc) is 3.06. The molecule has 3 rings (SSSR count). The lowest BCUT2D eigenvalue weighted by Gasteiger charge is -2.12. The van der Waals surface area contributed by atoms with Crippen LogP contribution in [0.15, 0.2) is 30.5 Å². The van der Waals surface area contributed by atoms with Crippen LogP contribution in [0, 0.1) is 0 Å². The zero-order chi connectivity index (χ0) is 13.9. The predicted octanol–water partition coefficient (Wildman–Crippen LogP) is 3.57. The molecule has 0 radical (unpaired) electrons. The smallest absolute Gasteiger partial charge is 0.253 e. The minimum absolute atomic E-state index is 0.0506. The van der Waals surface area contributed by atoms with Gasteiger partial charge in [-0.3, -0.25) is 4.79 Å². The van der Waals surface area contributed by atoms with Crippen LogP contribution in [0.5, 0.6) is 0 Å². The van der Waals surface area contributed by atoms with Crippen LogP contribution in [0.2, 0.25) is 0 Å². The Morgan fingerprint density at radius 2 is 2.25 bits per heavy atom. The van der Waals surface area contributed by atoms with Crippen LogP contribution in [0.4, 0.5) is 0 Å². The van der Waals surface area contributed by atoms with E-state index in [9.17, 15) is 4.79 Å². The van der Waals surface area contributed by atoms with Gasteiger partial charge in [0.1, 0.15) is 0 Å². The first-order chi connectivity index (χ1) is 9.78. The standard InChI is InChI=1S/C16H20N2OS/c1-2-20-12-8-7-11(9-12)18-16(19)14-10-17-15-6-4-3-5-13(14)15/h3-6,10-12,17H,2,7-9H2,1H3,(H,18,19). The number of para-hydroxylation sites is 1. The summed E-state index contributed by atoms with van der Waals surface area (Å²) in [5, 5.41) is 4.91. The average molecular weight is 288 g/mol. The largest absolute Gasteiger partial charge is 0.360 e. The number of hydrogen-bond acceptors (Lipinski definition) is 2. The highest BCUT2D eigenvalue weighted by Gasteiger charge is 2.26. The molecular formula is C16H20N2OS. The molecule has 106 valence electrons. The molecule has 0 bridgehead atoms. The summed E-state index contributed by atoms with van der Waals surface area (Å²) in [6.07, 6.45) is 5.24. The summed E-state index contributed by atoms with van der Waals surface area (Å²) in [5.74, 6) is 1.21. The van der Waals surface area contributed by atoms with Crippen LogP contribution in [0.25, 0.3) is 10.9 Å². The number of benzene rings is 1. The van der Waals surface area contributed by atoms with Gasteiger partial charge in [0.15, 0.2) is 0 Å². The molecule has 0 saturated heterocycles. The van der Waals surface area contributed by atoms with E-state index in [1.165, 1.54) is 6.42 Å². The summed E-state index contributed by atoms with van der Waals surface area (Å²) in [4.78, 5) is 15.6. The lowest BCUT2D eigenvalue weighted by Crippen LogP contribution is -2.33. The van der Waals surface area contributed by atoms with Crippen LogP contribution in [-0.2, 0) is 0 Å². The molecule has 0 aliphatic heterocycles. The normalized spacial score (nSPS) is 22.2. The first-order valence-electron chi connectivity index (χ1n) is 7.26. The molecule has 1 aromatic carbocycles. The molecular weight excluding hydrogens is 268 g/mol. The number of aromatic nitrogens is 1. The summed E-state index contributed by atoms with van der Waals surface area (Å²) in [7, 11) is 0. The topological polar surface area (TPSA) is 44.9 Å². The Labute approximate surface area is 123 Å². The van der Waals surface area contributed by atoms with Crippen LogP contribution in [0.3, 0.4) is 0 Å². The SMILES string of the molecule is CCSC1CCC(NC(=O)c2c[nH]c3ccccc23)C1. The third-order valence-electron chi connectivity index (χ3n) is 3.96. The van der Waals surface area contributed by atoms with E-state index in [0.29, 0.717) is 11.3 Å². The van der Waals surface area contributed by atoms with E-state index in [-0.39, 0.29) is 5.91 Å². The lowest BCUT2D eigenvalue weighted by atomic mass is 10.1. The van der Waals surface area contributed by atoms with E-state index in [1.807, 2.05) is 42.2 Å². The zero-order valence-corrected chi connectivity index (χ0v) is 12.5. The van der Waals surface area contributed by atoms with Crippen molar-refractivity contribution < 1.29 is 4.79 Å². The van der Waals surface area contributed by atoms with Gasteiger partial charge in [0.25, 0.3) is 5.91 Å². The Balaban J connectivity index is 1.68. The highest BCUT2D eigenvalue weighted by molar-refractivity contribution is 7.99. The fraction of sp³-hybridized carbons (Fsp3) is 0.438. The first kappa shape index (κ1) is 13.6. The van der Waals surface area contributed by atoms with Gasteiger partial charge in [0.05, 0.1) is 5.56 Å². The van der Waals surface area contributed by atoms with Crippen molar-refractivity contribution >= 4 is 28.6 Å². The van der Waals surface area contributed by atoms with Crippen molar-refractivity contribution in [2.24, 2.45) is 0 Å². The van der Waals surface area contributed by atoms with Gasteiger partial charge in [-0.05, 0) is 31.1 Å². The zero-order valence-electron chi connectivity index (χ0n) is 11.7. The van der Waals surface area contributed by atoms with Crippen LogP contribution < -0.4 is 5.32 Å². The Hall–Kier alpha value is -1.42. The number of aromatic amines is 1. The van der Waals surface area contributed by atoms with E-state index in [1.54, 1.807) is 0 Å². The van der Waals surface area contributed by atoms with E-state index in [2.05, 4.69) is 17.2 Å². The number of H-pyrrole nitrogens is 1. The maximum Gasteiger partial charge on any atom is 0.253 e. The quantitative estimate of drug-likeness (QED) is 0.903. The summed E-state index contributed by atoms with van der Waals surface area (Å²) >= 11 is 2.01. The van der Waals surface area contributed by atoms with Gasteiger partial charge in [-0.2, -0.15) is 11.8 Å². The lowest BCUT2D eigenvalue weighted by molar-refractivity contribution is 0.0939. The van der Waals surface area contributed by atoms with Crippen LogP contribution in [-0.4, -0.2) is 27.9 Å². The third-order valence-corrected chi connectivity index (χ3v) is 5.19. The molecule has 1 aromatic heterocycles. The number of rotatable bonds is 4. The van der Waals surface area contributed by atoms with E-state index in [0.717, 1.165) is 35.1 Å². The number of thioether (sulfide) groups is 1. The second-order valence-electron chi connectivity index (χ2n) is 5.31. The number of amides is 1. The molecule has 2 unspecified atom stereocenters. The molecule has 0 spiro atoms. The summed E-state index contributed by atoms with van der Waals surface area (Å²) in [5.41, 5.74) is 1.77. The number of hydrogen-bond donors (Lipinski definition) is 2. The van der Waals surface area contributed by atoms with Crippen molar-refractivity contribution in [2.45, 2.75) is 37.5 Å². The molecule has 1 aliphatic carbocycles. The minimum atomic E-state index is 0.0506. The van der Waals surface area contributed by atoms with Crippen molar-refractivity contribution in [3.05, 3.63) is 36.0 Å². The fourth-order valence-corrected chi connectivity index (χ4v) is 4.12. The fourth-order valence-electron chi connectivity index (χ4n) is 2.98. The first-order valence-corrected chi connectivity index (χ1v) is 8.31. The number of carbonyl (C=O) groups is 1. The van der Waals surface area contributed by atoms with Gasteiger partial charge in [-0.1, -0.05) is 25.1 Å². The van der Waals surface area contributed by atoms with E-state index >= 15 is 0 Å². The number of fused-ring (bicyclic) bond motifs is 1.